The number of aromatic nitrogens is 4. The average molecular weight is 438 g/mol. The van der Waals surface area contributed by atoms with Crippen LogP contribution in [-0.2, 0) is 23.6 Å². The summed E-state index contributed by atoms with van der Waals surface area (Å²) in [5.41, 5.74) is 3.99. The number of benzene rings is 1. The molecule has 3 aromatic rings. The van der Waals surface area contributed by atoms with Crippen LogP contribution in [0.4, 0.5) is 5.69 Å². The van der Waals surface area contributed by atoms with Crippen LogP contribution in [0, 0.1) is 20.8 Å². The maximum Gasteiger partial charge on any atom is 0.265 e. The summed E-state index contributed by atoms with van der Waals surface area (Å²) < 4.78 is 32.3. The maximum absolute atomic E-state index is 12.6. The van der Waals surface area contributed by atoms with Crippen molar-refractivity contribution in [2.45, 2.75) is 32.2 Å². The number of anilines is 1. The summed E-state index contributed by atoms with van der Waals surface area (Å²) in [6, 6.07) is 7.30. The number of aryl methyl sites for hydroxylation is 2. The summed E-state index contributed by atoms with van der Waals surface area (Å²) in [7, 11) is -1.98. The van der Waals surface area contributed by atoms with Crippen LogP contribution in [0.25, 0.3) is 0 Å². The van der Waals surface area contributed by atoms with Gasteiger partial charge in [0, 0.05) is 12.7 Å². The lowest BCUT2D eigenvalue weighted by atomic mass is 10.2. The molecule has 0 aliphatic carbocycles. The molecule has 2 aromatic heterocycles. The van der Waals surface area contributed by atoms with Gasteiger partial charge < -0.3 is 0 Å². The van der Waals surface area contributed by atoms with Crippen molar-refractivity contribution in [2.75, 3.05) is 4.72 Å². The summed E-state index contributed by atoms with van der Waals surface area (Å²) in [4.78, 5) is 0.174. The number of hydrogen-bond donors (Lipinski definition) is 1. The van der Waals surface area contributed by atoms with Crippen LogP contribution in [0.15, 0.2) is 39.8 Å². The number of nitrogens with one attached hydrogen (secondary N) is 1. The molecule has 1 aromatic carbocycles. The van der Waals surface area contributed by atoms with Gasteiger partial charge in [-0.25, -0.2) is 8.42 Å². The predicted molar refractivity (Wildman–Crippen MR) is 104 cm³/mol. The summed E-state index contributed by atoms with van der Waals surface area (Å²) in [5, 5.41) is 8.49. The molecule has 0 fully saturated rings. The topological polar surface area (TPSA) is 81.8 Å². The minimum atomic E-state index is -3.69. The van der Waals surface area contributed by atoms with Gasteiger partial charge in [0.1, 0.15) is 4.90 Å². The third-order valence-electron chi connectivity index (χ3n) is 4.28. The van der Waals surface area contributed by atoms with Gasteiger partial charge in [-0.3, -0.25) is 14.1 Å². The highest BCUT2D eigenvalue weighted by atomic mass is 79.9. The smallest absolute Gasteiger partial charge is 0.265 e. The number of rotatable bonds is 5. The first-order chi connectivity index (χ1) is 12.2. The number of hydrogen-bond acceptors (Lipinski definition) is 4. The van der Waals surface area contributed by atoms with Gasteiger partial charge in [-0.05, 0) is 54.4 Å². The highest BCUT2D eigenvalue weighted by molar-refractivity contribution is 9.10. The van der Waals surface area contributed by atoms with Crippen LogP contribution in [0.2, 0.25) is 0 Å². The monoisotopic (exact) mass is 437 g/mol. The molecule has 0 aliphatic rings. The van der Waals surface area contributed by atoms with Gasteiger partial charge in [0.15, 0.2) is 0 Å². The fraction of sp³-hybridized carbons (Fsp3) is 0.294. The van der Waals surface area contributed by atoms with Crippen molar-refractivity contribution >= 4 is 31.6 Å². The number of halogens is 1. The lowest BCUT2D eigenvalue weighted by Gasteiger charge is -2.10. The minimum absolute atomic E-state index is 0.174. The van der Waals surface area contributed by atoms with Gasteiger partial charge in [-0.2, -0.15) is 10.2 Å². The molecule has 0 amide bonds. The average Bonchev–Trinajstić information content (AvgIpc) is 3.03. The molecule has 0 unspecified atom stereocenters. The Balaban J connectivity index is 1.85. The van der Waals surface area contributed by atoms with Crippen LogP contribution < -0.4 is 4.72 Å². The highest BCUT2D eigenvalue weighted by Gasteiger charge is 2.20. The van der Waals surface area contributed by atoms with Gasteiger partial charge in [0.25, 0.3) is 10.0 Å². The zero-order valence-electron chi connectivity index (χ0n) is 15.0. The van der Waals surface area contributed by atoms with Crippen molar-refractivity contribution in [2.24, 2.45) is 7.05 Å². The van der Waals surface area contributed by atoms with E-state index in [1.807, 2.05) is 36.7 Å². The lowest BCUT2D eigenvalue weighted by Crippen LogP contribution is -2.14. The van der Waals surface area contributed by atoms with Gasteiger partial charge >= 0.3 is 0 Å². The van der Waals surface area contributed by atoms with Crippen LogP contribution in [0.3, 0.4) is 0 Å². The second-order valence-corrected chi connectivity index (χ2v) is 8.61. The Kier molecular flexibility index (Phi) is 4.94. The van der Waals surface area contributed by atoms with E-state index in [1.54, 1.807) is 20.0 Å². The highest BCUT2D eigenvalue weighted by Crippen LogP contribution is 2.22. The molecule has 9 heteroatoms. The first-order valence-corrected chi connectivity index (χ1v) is 10.3. The van der Waals surface area contributed by atoms with Crippen molar-refractivity contribution in [1.29, 1.82) is 0 Å². The van der Waals surface area contributed by atoms with Gasteiger partial charge in [-0.15, -0.1) is 0 Å². The van der Waals surface area contributed by atoms with Crippen LogP contribution >= 0.6 is 15.9 Å². The van der Waals surface area contributed by atoms with Crippen LogP contribution in [0.1, 0.15) is 22.6 Å². The lowest BCUT2D eigenvalue weighted by molar-refractivity contribution is 0.600. The van der Waals surface area contributed by atoms with Crippen LogP contribution in [0.5, 0.6) is 0 Å². The molecule has 0 saturated carbocycles. The van der Waals surface area contributed by atoms with E-state index in [0.717, 1.165) is 21.4 Å². The van der Waals surface area contributed by atoms with E-state index < -0.39 is 10.0 Å². The molecule has 7 nitrogen and oxygen atoms in total. The zero-order valence-corrected chi connectivity index (χ0v) is 17.4. The SMILES string of the molecule is Cc1nn(Cc2cccc(NS(=O)(=O)c3cnn(C)c3C)c2)c(C)c1Br. The Morgan fingerprint density at radius 3 is 2.50 bits per heavy atom. The Morgan fingerprint density at radius 1 is 1.19 bits per heavy atom. The van der Waals surface area contributed by atoms with E-state index in [-0.39, 0.29) is 4.90 Å². The summed E-state index contributed by atoms with van der Waals surface area (Å²) in [5.74, 6) is 0. The fourth-order valence-corrected chi connectivity index (χ4v) is 4.23. The molecule has 0 atom stereocenters. The van der Waals surface area contributed by atoms with E-state index in [1.165, 1.54) is 10.9 Å². The normalized spacial score (nSPS) is 11.7. The Morgan fingerprint density at radius 2 is 1.92 bits per heavy atom. The van der Waals surface area contributed by atoms with E-state index >= 15 is 0 Å². The summed E-state index contributed by atoms with van der Waals surface area (Å²) >= 11 is 3.52. The molecule has 138 valence electrons. The maximum atomic E-state index is 12.6. The van der Waals surface area contributed by atoms with E-state index in [2.05, 4.69) is 30.8 Å². The van der Waals surface area contributed by atoms with Crippen molar-refractivity contribution in [1.82, 2.24) is 19.6 Å². The molecule has 2 heterocycles. The van der Waals surface area contributed by atoms with Crippen LogP contribution in [-0.4, -0.2) is 28.0 Å². The zero-order chi connectivity index (χ0) is 19.1. The molecule has 0 spiro atoms. The summed E-state index contributed by atoms with van der Waals surface area (Å²) in [6.07, 6.45) is 1.36. The van der Waals surface area contributed by atoms with Gasteiger partial charge in [0.2, 0.25) is 0 Å². The first kappa shape index (κ1) is 18.7. The van der Waals surface area contributed by atoms with Crippen molar-refractivity contribution < 1.29 is 8.42 Å². The molecule has 0 bridgehead atoms. The standard InChI is InChI=1S/C17H20BrN5O2S/c1-11-17(18)13(3)23(20-11)10-14-6-5-7-15(8-14)21-26(24,25)16-9-19-22(4)12(16)2/h5-9,21H,10H2,1-4H3. The van der Waals surface area contributed by atoms with E-state index in [0.29, 0.717) is 17.9 Å². The summed E-state index contributed by atoms with van der Waals surface area (Å²) in [6.45, 7) is 6.20. The van der Waals surface area contributed by atoms with Gasteiger partial charge in [-0.1, -0.05) is 12.1 Å². The Labute approximate surface area is 161 Å². The second-order valence-electron chi connectivity index (χ2n) is 6.17. The number of sulfonamides is 1. The van der Waals surface area contributed by atoms with Crippen molar-refractivity contribution in [3.05, 3.63) is 57.6 Å². The predicted octanol–water partition coefficient (Wildman–Crippen LogP) is 3.15. The minimum Gasteiger partial charge on any atom is -0.280 e. The third-order valence-corrected chi connectivity index (χ3v) is 6.92. The first-order valence-electron chi connectivity index (χ1n) is 7.99. The fourth-order valence-electron chi connectivity index (χ4n) is 2.69. The molecule has 0 radical (unpaired) electrons. The quantitative estimate of drug-likeness (QED) is 0.664. The number of nitrogens with zero attached hydrogens (tertiary/aromatic N) is 4. The second kappa shape index (κ2) is 6.88. The Bertz CT molecular complexity index is 1070. The molecule has 26 heavy (non-hydrogen) atoms. The third kappa shape index (κ3) is 3.54. The molecular formula is C17H20BrN5O2S. The van der Waals surface area contributed by atoms with Crippen molar-refractivity contribution in [3.63, 3.8) is 0 Å². The molecule has 1 N–H and O–H groups in total. The van der Waals surface area contributed by atoms with Gasteiger partial charge in [0.05, 0.1) is 34.3 Å². The molecule has 0 aliphatic heterocycles. The van der Waals surface area contributed by atoms with E-state index in [9.17, 15) is 8.42 Å². The largest absolute Gasteiger partial charge is 0.280 e. The van der Waals surface area contributed by atoms with E-state index in [4.69, 9.17) is 0 Å². The van der Waals surface area contributed by atoms with Crippen molar-refractivity contribution in [3.8, 4) is 0 Å². The molecular weight excluding hydrogens is 418 g/mol. The molecule has 0 saturated heterocycles. The molecule has 3 rings (SSSR count). The Hall–Kier alpha value is -2.13.